The SMILES string of the molecule is COc1cc(C=NNC(=O)C2CC2(c2ccccc2)c2ccccc2)ccc1O. The molecule has 2 N–H and O–H groups in total. The van der Waals surface area contributed by atoms with E-state index in [0.29, 0.717) is 11.3 Å². The Balaban J connectivity index is 1.52. The lowest BCUT2D eigenvalue weighted by Crippen LogP contribution is -2.25. The summed E-state index contributed by atoms with van der Waals surface area (Å²) < 4.78 is 5.09. The lowest BCUT2D eigenvalue weighted by molar-refractivity contribution is -0.122. The van der Waals surface area contributed by atoms with Crippen molar-refractivity contribution in [3.63, 3.8) is 0 Å². The van der Waals surface area contributed by atoms with E-state index in [4.69, 9.17) is 4.74 Å². The summed E-state index contributed by atoms with van der Waals surface area (Å²) in [7, 11) is 1.48. The number of aromatic hydroxyl groups is 1. The fraction of sp³-hybridized carbons (Fsp3) is 0.167. The number of rotatable bonds is 6. The van der Waals surface area contributed by atoms with Gasteiger partial charge in [0.2, 0.25) is 5.91 Å². The fourth-order valence-electron chi connectivity index (χ4n) is 3.88. The topological polar surface area (TPSA) is 70.9 Å². The van der Waals surface area contributed by atoms with E-state index in [2.05, 4.69) is 34.8 Å². The Kier molecular flexibility index (Phi) is 5.04. The first kappa shape index (κ1) is 18.7. The molecule has 1 atom stereocenters. The molecule has 146 valence electrons. The Hall–Kier alpha value is -3.60. The van der Waals surface area contributed by atoms with Gasteiger partial charge in [0.1, 0.15) is 0 Å². The van der Waals surface area contributed by atoms with Crippen molar-refractivity contribution in [2.45, 2.75) is 11.8 Å². The molecule has 5 heteroatoms. The summed E-state index contributed by atoms with van der Waals surface area (Å²) in [6.45, 7) is 0. The van der Waals surface area contributed by atoms with E-state index in [0.717, 1.165) is 17.5 Å². The number of carbonyl (C=O) groups is 1. The van der Waals surface area contributed by atoms with Gasteiger partial charge >= 0.3 is 0 Å². The second-order valence-corrected chi connectivity index (χ2v) is 7.13. The largest absolute Gasteiger partial charge is 0.504 e. The maximum Gasteiger partial charge on any atom is 0.244 e. The van der Waals surface area contributed by atoms with Crippen molar-refractivity contribution in [1.82, 2.24) is 5.43 Å². The van der Waals surface area contributed by atoms with Crippen molar-refractivity contribution in [3.8, 4) is 11.5 Å². The molecule has 0 aliphatic heterocycles. The normalized spacial score (nSPS) is 17.1. The number of benzene rings is 3. The Labute approximate surface area is 169 Å². The van der Waals surface area contributed by atoms with E-state index in [1.54, 1.807) is 12.1 Å². The number of nitrogens with zero attached hydrogens (tertiary/aromatic N) is 1. The minimum atomic E-state index is -0.316. The highest BCUT2D eigenvalue weighted by Gasteiger charge is 2.60. The van der Waals surface area contributed by atoms with Crippen LogP contribution < -0.4 is 10.2 Å². The summed E-state index contributed by atoms with van der Waals surface area (Å²) in [5.74, 6) is 0.121. The number of hydrogen-bond donors (Lipinski definition) is 2. The van der Waals surface area contributed by atoms with Gasteiger partial charge in [0.25, 0.3) is 0 Å². The molecule has 3 aromatic rings. The van der Waals surface area contributed by atoms with Crippen LogP contribution in [-0.4, -0.2) is 24.3 Å². The summed E-state index contributed by atoms with van der Waals surface area (Å²) >= 11 is 0. The zero-order valence-corrected chi connectivity index (χ0v) is 16.1. The molecule has 1 amide bonds. The third-order valence-electron chi connectivity index (χ3n) is 5.45. The van der Waals surface area contributed by atoms with Crippen LogP contribution >= 0.6 is 0 Å². The summed E-state index contributed by atoms with van der Waals surface area (Å²) in [6.07, 6.45) is 2.28. The first-order valence-corrected chi connectivity index (χ1v) is 9.46. The van der Waals surface area contributed by atoms with Gasteiger partial charge in [-0.25, -0.2) is 5.43 Å². The molecule has 1 aliphatic carbocycles. The average Bonchev–Trinajstić information content (AvgIpc) is 3.53. The minimum Gasteiger partial charge on any atom is -0.504 e. The molecule has 1 fully saturated rings. The maximum atomic E-state index is 12.8. The van der Waals surface area contributed by atoms with E-state index < -0.39 is 0 Å². The summed E-state index contributed by atoms with van der Waals surface area (Å²) in [5, 5.41) is 13.8. The van der Waals surface area contributed by atoms with Crippen molar-refractivity contribution < 1.29 is 14.6 Å². The molecule has 1 saturated carbocycles. The van der Waals surface area contributed by atoms with E-state index in [1.165, 1.54) is 19.4 Å². The molecule has 0 saturated heterocycles. The first-order chi connectivity index (χ1) is 14.1. The number of phenolic OH excluding ortho intramolecular Hbond substituents is 1. The number of hydrazone groups is 1. The van der Waals surface area contributed by atoms with Crippen molar-refractivity contribution >= 4 is 12.1 Å². The third-order valence-corrected chi connectivity index (χ3v) is 5.45. The molecule has 0 spiro atoms. The van der Waals surface area contributed by atoms with Gasteiger partial charge in [0, 0.05) is 5.41 Å². The summed E-state index contributed by atoms with van der Waals surface area (Å²) in [6, 6.07) is 25.2. The number of methoxy groups -OCH3 is 1. The zero-order chi connectivity index (χ0) is 20.3. The lowest BCUT2D eigenvalue weighted by Gasteiger charge is -2.18. The number of carbonyl (C=O) groups excluding carboxylic acids is 1. The number of hydrogen-bond acceptors (Lipinski definition) is 4. The predicted molar refractivity (Wildman–Crippen MR) is 112 cm³/mol. The highest BCUT2D eigenvalue weighted by molar-refractivity contribution is 5.88. The van der Waals surface area contributed by atoms with Crippen LogP contribution in [0.15, 0.2) is 84.0 Å². The van der Waals surface area contributed by atoms with E-state index in [-0.39, 0.29) is 23.0 Å². The van der Waals surface area contributed by atoms with Crippen LogP contribution in [-0.2, 0) is 10.2 Å². The van der Waals surface area contributed by atoms with Gasteiger partial charge in [-0.3, -0.25) is 4.79 Å². The number of phenols is 1. The second-order valence-electron chi connectivity index (χ2n) is 7.13. The molecule has 29 heavy (non-hydrogen) atoms. The predicted octanol–water partition coefficient (Wildman–Crippen LogP) is 3.86. The highest BCUT2D eigenvalue weighted by Crippen LogP contribution is 2.58. The summed E-state index contributed by atoms with van der Waals surface area (Å²) in [5.41, 5.74) is 5.34. The average molecular weight is 386 g/mol. The van der Waals surface area contributed by atoms with Gasteiger partial charge in [0.15, 0.2) is 11.5 Å². The quantitative estimate of drug-likeness (QED) is 0.499. The van der Waals surface area contributed by atoms with Gasteiger partial charge in [-0.15, -0.1) is 0 Å². The van der Waals surface area contributed by atoms with Crippen LogP contribution in [0.25, 0.3) is 0 Å². The molecular formula is C24H22N2O3. The van der Waals surface area contributed by atoms with Crippen LogP contribution in [0.3, 0.4) is 0 Å². The van der Waals surface area contributed by atoms with Gasteiger partial charge in [-0.1, -0.05) is 60.7 Å². The van der Waals surface area contributed by atoms with Crippen LogP contribution in [0.2, 0.25) is 0 Å². The van der Waals surface area contributed by atoms with Crippen molar-refractivity contribution in [2.75, 3.05) is 7.11 Å². The molecule has 5 nitrogen and oxygen atoms in total. The fourth-order valence-corrected chi connectivity index (χ4v) is 3.88. The smallest absolute Gasteiger partial charge is 0.244 e. The molecule has 3 aromatic carbocycles. The standard InChI is InChI=1S/C24H22N2O3/c1-29-22-14-17(12-13-21(22)27)16-25-26-23(28)20-15-24(20,18-8-4-2-5-9-18)19-10-6-3-7-11-19/h2-14,16,20,27H,15H2,1H3,(H,26,28). The molecule has 4 rings (SSSR count). The molecule has 0 bridgehead atoms. The highest BCUT2D eigenvalue weighted by atomic mass is 16.5. The Morgan fingerprint density at radius 2 is 1.69 bits per heavy atom. The molecule has 0 radical (unpaired) electrons. The van der Waals surface area contributed by atoms with E-state index in [1.807, 2.05) is 36.4 Å². The summed E-state index contributed by atoms with van der Waals surface area (Å²) in [4.78, 5) is 12.8. The second kappa shape index (κ2) is 7.80. The van der Waals surface area contributed by atoms with Crippen LogP contribution in [0.5, 0.6) is 11.5 Å². The van der Waals surface area contributed by atoms with Gasteiger partial charge in [-0.05, 0) is 41.3 Å². The van der Waals surface area contributed by atoms with Crippen molar-refractivity contribution in [1.29, 1.82) is 0 Å². The minimum absolute atomic E-state index is 0.0576. The number of amides is 1. The third kappa shape index (κ3) is 3.59. The van der Waals surface area contributed by atoms with Gasteiger partial charge in [0.05, 0.1) is 19.2 Å². The number of nitrogens with one attached hydrogen (secondary N) is 1. The van der Waals surface area contributed by atoms with Crippen LogP contribution in [0.1, 0.15) is 23.1 Å². The van der Waals surface area contributed by atoms with E-state index in [9.17, 15) is 9.90 Å². The monoisotopic (exact) mass is 386 g/mol. The zero-order valence-electron chi connectivity index (χ0n) is 16.1. The molecule has 1 unspecified atom stereocenters. The Morgan fingerprint density at radius 3 is 2.28 bits per heavy atom. The molecule has 1 aliphatic rings. The van der Waals surface area contributed by atoms with Crippen LogP contribution in [0, 0.1) is 5.92 Å². The van der Waals surface area contributed by atoms with Crippen LogP contribution in [0.4, 0.5) is 0 Å². The Bertz CT molecular complexity index is 993. The first-order valence-electron chi connectivity index (χ1n) is 9.46. The van der Waals surface area contributed by atoms with E-state index >= 15 is 0 Å². The van der Waals surface area contributed by atoms with Crippen molar-refractivity contribution in [3.05, 3.63) is 95.6 Å². The van der Waals surface area contributed by atoms with Gasteiger partial charge < -0.3 is 9.84 Å². The lowest BCUT2D eigenvalue weighted by atomic mass is 9.85. The Morgan fingerprint density at radius 1 is 1.07 bits per heavy atom. The molecular weight excluding hydrogens is 364 g/mol. The van der Waals surface area contributed by atoms with Crippen molar-refractivity contribution in [2.24, 2.45) is 11.0 Å². The molecule has 0 aromatic heterocycles. The maximum absolute atomic E-state index is 12.8. The van der Waals surface area contributed by atoms with Gasteiger partial charge in [-0.2, -0.15) is 5.10 Å². The molecule has 0 heterocycles. The number of ether oxygens (including phenoxy) is 1.